The molecule has 0 aromatic carbocycles. The molecule has 0 aromatic heterocycles. The Labute approximate surface area is 132 Å². The van der Waals surface area contributed by atoms with Crippen molar-refractivity contribution in [1.82, 2.24) is 10.2 Å². The smallest absolute Gasteiger partial charge is 0.223 e. The van der Waals surface area contributed by atoms with Gasteiger partial charge in [0.05, 0.1) is 18.8 Å². The van der Waals surface area contributed by atoms with E-state index in [1.807, 2.05) is 0 Å². The molecule has 7 heteroatoms. The predicted molar refractivity (Wildman–Crippen MR) is 82.3 cm³/mol. The lowest BCUT2D eigenvalue weighted by Gasteiger charge is -2.29. The fourth-order valence-electron chi connectivity index (χ4n) is 2.98. The van der Waals surface area contributed by atoms with E-state index >= 15 is 0 Å². The topological polar surface area (TPSA) is 84.7 Å². The molecule has 2 amide bonds. The third-order valence-corrected chi connectivity index (χ3v) is 4.29. The van der Waals surface area contributed by atoms with Gasteiger partial charge in [-0.25, -0.2) is 0 Å². The number of ether oxygens (including phenoxy) is 1. The Morgan fingerprint density at radius 3 is 2.33 bits per heavy atom. The van der Waals surface area contributed by atoms with Crippen LogP contribution in [-0.2, 0) is 14.3 Å². The van der Waals surface area contributed by atoms with Gasteiger partial charge in [-0.2, -0.15) is 0 Å². The Kier molecular flexibility index (Phi) is 7.42. The first kappa shape index (κ1) is 18.2. The highest BCUT2D eigenvalue weighted by Crippen LogP contribution is 2.28. The summed E-state index contributed by atoms with van der Waals surface area (Å²) in [5, 5.41) is 3.04. The fraction of sp³-hybridized carbons (Fsp3) is 0.857. The summed E-state index contributed by atoms with van der Waals surface area (Å²) in [5.74, 6) is -0.0179. The summed E-state index contributed by atoms with van der Waals surface area (Å²) in [6.07, 6.45) is 4.65. The van der Waals surface area contributed by atoms with Gasteiger partial charge >= 0.3 is 0 Å². The van der Waals surface area contributed by atoms with Crippen LogP contribution in [0, 0.1) is 0 Å². The van der Waals surface area contributed by atoms with E-state index < -0.39 is 0 Å². The molecule has 1 aliphatic carbocycles. The summed E-state index contributed by atoms with van der Waals surface area (Å²) < 4.78 is 5.20. The molecule has 2 fully saturated rings. The van der Waals surface area contributed by atoms with Crippen molar-refractivity contribution in [3.8, 4) is 0 Å². The first-order valence-electron chi connectivity index (χ1n) is 7.52. The average Bonchev–Trinajstić information content (AvgIpc) is 2.95. The number of nitrogens with one attached hydrogen (secondary N) is 1. The van der Waals surface area contributed by atoms with Crippen LogP contribution in [0.1, 0.15) is 38.5 Å². The van der Waals surface area contributed by atoms with Gasteiger partial charge in [0.25, 0.3) is 0 Å². The second-order valence-corrected chi connectivity index (χ2v) is 5.73. The molecule has 1 saturated heterocycles. The van der Waals surface area contributed by atoms with Gasteiger partial charge < -0.3 is 20.7 Å². The maximum atomic E-state index is 12.0. The summed E-state index contributed by atoms with van der Waals surface area (Å²) in [6, 6.07) is 0. The zero-order valence-electron chi connectivity index (χ0n) is 12.4. The number of carbonyl (C=O) groups is 2. The predicted octanol–water partition coefficient (Wildman–Crippen LogP) is 0.435. The molecule has 6 nitrogen and oxygen atoms in total. The highest BCUT2D eigenvalue weighted by molar-refractivity contribution is 5.85. The third kappa shape index (κ3) is 5.13. The SMILES string of the molecule is Cl.NCC1(NC(=O)CCC(=O)N2CCOCC2)CCCC1. The van der Waals surface area contributed by atoms with E-state index in [-0.39, 0.29) is 42.6 Å². The van der Waals surface area contributed by atoms with E-state index in [1.165, 1.54) is 0 Å². The lowest BCUT2D eigenvalue weighted by atomic mass is 9.97. The summed E-state index contributed by atoms with van der Waals surface area (Å²) in [5.41, 5.74) is 5.56. The average molecular weight is 320 g/mol. The first-order chi connectivity index (χ1) is 9.65. The van der Waals surface area contributed by atoms with Crippen LogP contribution in [0.5, 0.6) is 0 Å². The minimum atomic E-state index is -0.223. The fourth-order valence-corrected chi connectivity index (χ4v) is 2.98. The van der Waals surface area contributed by atoms with Crippen LogP contribution in [-0.4, -0.2) is 55.1 Å². The van der Waals surface area contributed by atoms with Gasteiger partial charge in [0.2, 0.25) is 11.8 Å². The van der Waals surface area contributed by atoms with Crippen LogP contribution in [0.3, 0.4) is 0 Å². The number of rotatable bonds is 5. The lowest BCUT2D eigenvalue weighted by molar-refractivity contribution is -0.137. The minimum absolute atomic E-state index is 0. The number of nitrogens with two attached hydrogens (primary N) is 1. The second-order valence-electron chi connectivity index (χ2n) is 5.73. The molecule has 1 aliphatic heterocycles. The van der Waals surface area contributed by atoms with Gasteiger partial charge in [-0.3, -0.25) is 9.59 Å². The maximum Gasteiger partial charge on any atom is 0.223 e. The quantitative estimate of drug-likeness (QED) is 0.770. The zero-order chi connectivity index (χ0) is 14.4. The molecule has 122 valence electrons. The highest BCUT2D eigenvalue weighted by Gasteiger charge is 2.33. The standard InChI is InChI=1S/C14H25N3O3.ClH/c15-11-14(5-1-2-6-14)16-12(18)3-4-13(19)17-7-9-20-10-8-17;/h1-11,15H2,(H,16,18);1H. The molecule has 0 aromatic rings. The molecule has 3 N–H and O–H groups in total. The number of morpholine rings is 1. The van der Waals surface area contributed by atoms with Crippen molar-refractivity contribution in [3.05, 3.63) is 0 Å². The van der Waals surface area contributed by atoms with Crippen LogP contribution >= 0.6 is 12.4 Å². The van der Waals surface area contributed by atoms with Gasteiger partial charge in [0, 0.05) is 32.5 Å². The summed E-state index contributed by atoms with van der Waals surface area (Å²) in [4.78, 5) is 25.7. The Bertz CT molecular complexity index is 353. The molecule has 1 heterocycles. The molecule has 0 bridgehead atoms. The summed E-state index contributed by atoms with van der Waals surface area (Å²) in [7, 11) is 0. The third-order valence-electron chi connectivity index (χ3n) is 4.29. The number of nitrogens with zero attached hydrogens (tertiary/aromatic N) is 1. The lowest BCUT2D eigenvalue weighted by Crippen LogP contribution is -2.51. The van der Waals surface area contributed by atoms with Crippen LogP contribution in [0.25, 0.3) is 0 Å². The maximum absolute atomic E-state index is 12.0. The van der Waals surface area contributed by atoms with Crippen molar-refractivity contribution in [2.75, 3.05) is 32.8 Å². The van der Waals surface area contributed by atoms with Crippen molar-refractivity contribution in [2.24, 2.45) is 5.73 Å². The van der Waals surface area contributed by atoms with Gasteiger partial charge in [0.1, 0.15) is 0 Å². The van der Waals surface area contributed by atoms with Crippen molar-refractivity contribution >= 4 is 24.2 Å². The van der Waals surface area contributed by atoms with Crippen LogP contribution in [0.4, 0.5) is 0 Å². The van der Waals surface area contributed by atoms with Gasteiger partial charge in [-0.1, -0.05) is 12.8 Å². The minimum Gasteiger partial charge on any atom is -0.378 e. The number of hydrogen-bond donors (Lipinski definition) is 2. The molecular formula is C14H26ClN3O3. The Morgan fingerprint density at radius 1 is 1.14 bits per heavy atom. The van der Waals surface area contributed by atoms with Crippen molar-refractivity contribution in [1.29, 1.82) is 0 Å². The van der Waals surface area contributed by atoms with E-state index in [0.29, 0.717) is 32.8 Å². The largest absolute Gasteiger partial charge is 0.378 e. The van der Waals surface area contributed by atoms with Gasteiger partial charge in [-0.05, 0) is 12.8 Å². The number of halogens is 1. The highest BCUT2D eigenvalue weighted by atomic mass is 35.5. The van der Waals surface area contributed by atoms with Crippen molar-refractivity contribution in [2.45, 2.75) is 44.1 Å². The second kappa shape index (κ2) is 8.56. The van der Waals surface area contributed by atoms with E-state index in [9.17, 15) is 9.59 Å². The molecule has 1 saturated carbocycles. The Morgan fingerprint density at radius 2 is 1.76 bits per heavy atom. The van der Waals surface area contributed by atoms with Crippen molar-refractivity contribution < 1.29 is 14.3 Å². The number of amides is 2. The molecular weight excluding hydrogens is 294 g/mol. The van der Waals surface area contributed by atoms with E-state index in [0.717, 1.165) is 25.7 Å². The monoisotopic (exact) mass is 319 g/mol. The summed E-state index contributed by atoms with van der Waals surface area (Å²) >= 11 is 0. The summed E-state index contributed by atoms with van der Waals surface area (Å²) in [6.45, 7) is 2.93. The molecule has 0 atom stereocenters. The first-order valence-corrected chi connectivity index (χ1v) is 7.52. The molecule has 21 heavy (non-hydrogen) atoms. The number of hydrogen-bond acceptors (Lipinski definition) is 4. The van der Waals surface area contributed by atoms with Crippen LogP contribution < -0.4 is 11.1 Å². The van der Waals surface area contributed by atoms with E-state index in [2.05, 4.69) is 5.32 Å². The molecule has 2 aliphatic rings. The van der Waals surface area contributed by atoms with Crippen LogP contribution in [0.2, 0.25) is 0 Å². The van der Waals surface area contributed by atoms with Crippen molar-refractivity contribution in [3.63, 3.8) is 0 Å². The van der Waals surface area contributed by atoms with Gasteiger partial charge in [-0.15, -0.1) is 12.4 Å². The Balaban J connectivity index is 0.00000220. The molecule has 0 radical (unpaired) electrons. The van der Waals surface area contributed by atoms with E-state index in [1.54, 1.807) is 4.90 Å². The van der Waals surface area contributed by atoms with Crippen LogP contribution in [0.15, 0.2) is 0 Å². The molecule has 0 spiro atoms. The zero-order valence-corrected chi connectivity index (χ0v) is 13.3. The van der Waals surface area contributed by atoms with Gasteiger partial charge in [0.15, 0.2) is 0 Å². The Hall–Kier alpha value is -0.850. The normalized spacial score (nSPS) is 20.7. The van der Waals surface area contributed by atoms with E-state index in [4.69, 9.17) is 10.5 Å². The molecule has 2 rings (SSSR count). The number of carbonyl (C=O) groups excluding carboxylic acids is 2. The molecule has 0 unspecified atom stereocenters.